The summed E-state index contributed by atoms with van der Waals surface area (Å²) in [4.78, 5) is 26.1. The topological polar surface area (TPSA) is 74.7 Å². The fraction of sp³-hybridized carbons (Fsp3) is 0.235. The summed E-state index contributed by atoms with van der Waals surface area (Å²) in [7, 11) is 1.18. The highest BCUT2D eigenvalue weighted by atomic mass is 35.5. The highest BCUT2D eigenvalue weighted by molar-refractivity contribution is 6.31. The number of aromatic nitrogens is 1. The molecule has 144 valence electrons. The largest absolute Gasteiger partial charge is 0.478 e. The number of aldehydes is 1. The second-order valence-electron chi connectivity index (χ2n) is 5.21. The van der Waals surface area contributed by atoms with Gasteiger partial charge in [-0.1, -0.05) is 11.6 Å². The van der Waals surface area contributed by atoms with Crippen LogP contribution in [0.25, 0.3) is 0 Å². The van der Waals surface area contributed by atoms with Crippen molar-refractivity contribution in [3.63, 3.8) is 0 Å². The zero-order chi connectivity index (χ0) is 20.2. The Morgan fingerprint density at radius 2 is 2.00 bits per heavy atom. The van der Waals surface area contributed by atoms with Crippen molar-refractivity contribution >= 4 is 23.9 Å². The zero-order valence-corrected chi connectivity index (χ0v) is 14.8. The molecular weight excluding hydrogens is 391 g/mol. The van der Waals surface area contributed by atoms with E-state index in [0.29, 0.717) is 18.5 Å². The lowest BCUT2D eigenvalue weighted by atomic mass is 10.2. The van der Waals surface area contributed by atoms with Crippen molar-refractivity contribution in [3.8, 4) is 17.4 Å². The minimum absolute atomic E-state index is 0.0171. The third-order valence-electron chi connectivity index (χ3n) is 3.30. The molecule has 0 saturated heterocycles. The van der Waals surface area contributed by atoms with E-state index in [1.165, 1.54) is 32.2 Å². The van der Waals surface area contributed by atoms with Gasteiger partial charge in [-0.05, 0) is 25.1 Å². The Labute approximate surface area is 156 Å². The van der Waals surface area contributed by atoms with Crippen molar-refractivity contribution < 1.29 is 37.0 Å². The van der Waals surface area contributed by atoms with Crippen molar-refractivity contribution in [1.82, 2.24) is 4.98 Å². The molecule has 1 atom stereocenters. The average molecular weight is 404 g/mol. The van der Waals surface area contributed by atoms with Crippen LogP contribution in [0.2, 0.25) is 5.02 Å². The summed E-state index contributed by atoms with van der Waals surface area (Å²) in [6.45, 7) is 1.42. The smallest absolute Gasteiger partial charge is 0.417 e. The molecule has 2 aromatic rings. The number of halogens is 4. The lowest BCUT2D eigenvalue weighted by Crippen LogP contribution is -2.25. The lowest BCUT2D eigenvalue weighted by molar-refractivity contribution is -0.148. The van der Waals surface area contributed by atoms with Gasteiger partial charge in [0.2, 0.25) is 5.88 Å². The first-order valence-corrected chi connectivity index (χ1v) is 7.77. The second kappa shape index (κ2) is 8.26. The molecule has 1 aromatic carbocycles. The van der Waals surface area contributed by atoms with E-state index in [9.17, 15) is 22.8 Å². The predicted octanol–water partition coefficient (Wildman–Crippen LogP) is 4.30. The third kappa shape index (κ3) is 5.10. The van der Waals surface area contributed by atoms with Gasteiger partial charge in [0.1, 0.15) is 16.5 Å². The Hall–Kier alpha value is -2.81. The summed E-state index contributed by atoms with van der Waals surface area (Å²) in [5.41, 5.74) is -0.892. The Kier molecular flexibility index (Phi) is 6.27. The molecule has 0 spiro atoms. The van der Waals surface area contributed by atoms with E-state index in [2.05, 4.69) is 9.72 Å². The maximum atomic E-state index is 12.7. The van der Waals surface area contributed by atoms with Gasteiger partial charge >= 0.3 is 12.1 Å². The van der Waals surface area contributed by atoms with Crippen LogP contribution < -0.4 is 9.47 Å². The molecule has 1 aromatic heterocycles. The number of rotatable bonds is 6. The van der Waals surface area contributed by atoms with Gasteiger partial charge in [0, 0.05) is 12.3 Å². The van der Waals surface area contributed by atoms with Crippen molar-refractivity contribution in [2.75, 3.05) is 7.11 Å². The van der Waals surface area contributed by atoms with E-state index in [4.69, 9.17) is 21.1 Å². The quantitative estimate of drug-likeness (QED) is 0.529. The van der Waals surface area contributed by atoms with Crippen LogP contribution in [-0.2, 0) is 15.7 Å². The summed E-state index contributed by atoms with van der Waals surface area (Å²) < 4.78 is 53.2. The summed E-state index contributed by atoms with van der Waals surface area (Å²) in [6.07, 6.45) is -4.51. The van der Waals surface area contributed by atoms with Crippen molar-refractivity contribution in [3.05, 3.63) is 46.6 Å². The predicted molar refractivity (Wildman–Crippen MR) is 88.3 cm³/mol. The van der Waals surface area contributed by atoms with Gasteiger partial charge in [0.25, 0.3) is 0 Å². The lowest BCUT2D eigenvalue weighted by Gasteiger charge is -2.15. The van der Waals surface area contributed by atoms with Crippen molar-refractivity contribution in [1.29, 1.82) is 0 Å². The molecule has 0 aliphatic heterocycles. The molecule has 27 heavy (non-hydrogen) atoms. The monoisotopic (exact) mass is 403 g/mol. The van der Waals surface area contributed by atoms with Gasteiger partial charge in [-0.2, -0.15) is 13.2 Å². The van der Waals surface area contributed by atoms with Gasteiger partial charge in [0.15, 0.2) is 12.4 Å². The molecule has 0 radical (unpaired) electrons. The van der Waals surface area contributed by atoms with E-state index >= 15 is 0 Å². The fourth-order valence-electron chi connectivity index (χ4n) is 1.95. The number of hydrogen-bond donors (Lipinski definition) is 0. The Morgan fingerprint density at radius 1 is 1.30 bits per heavy atom. The Morgan fingerprint density at radius 3 is 2.56 bits per heavy atom. The Bertz CT molecular complexity index is 857. The molecule has 0 N–H and O–H groups in total. The first-order chi connectivity index (χ1) is 12.7. The number of esters is 1. The molecule has 10 heteroatoms. The van der Waals surface area contributed by atoms with E-state index in [0.717, 1.165) is 0 Å². The van der Waals surface area contributed by atoms with Crippen molar-refractivity contribution in [2.45, 2.75) is 19.2 Å². The normalized spacial score (nSPS) is 12.2. The van der Waals surface area contributed by atoms with Crippen LogP contribution >= 0.6 is 11.6 Å². The molecule has 2 rings (SSSR count). The van der Waals surface area contributed by atoms with Crippen LogP contribution in [0.15, 0.2) is 30.5 Å². The standard InChI is InChI=1S/C17H13ClF3NO5/c1-9(16(24)25-2)26-14-6-12(4-3-10(14)8-23)27-15-13(18)5-11(7-22-15)17(19,20)21/h3-9H,1-2H3. The molecule has 0 aliphatic rings. The number of nitrogens with zero attached hydrogens (tertiary/aromatic N) is 1. The second-order valence-corrected chi connectivity index (χ2v) is 5.62. The molecule has 0 amide bonds. The first kappa shape index (κ1) is 20.5. The van der Waals surface area contributed by atoms with Crippen LogP contribution in [0.3, 0.4) is 0 Å². The van der Waals surface area contributed by atoms with Crippen LogP contribution in [0.4, 0.5) is 13.2 Å². The van der Waals surface area contributed by atoms with Crippen LogP contribution in [0.1, 0.15) is 22.8 Å². The van der Waals surface area contributed by atoms with Gasteiger partial charge in [-0.25, -0.2) is 9.78 Å². The van der Waals surface area contributed by atoms with E-state index in [1.807, 2.05) is 0 Å². The van der Waals surface area contributed by atoms with E-state index in [1.54, 1.807) is 0 Å². The van der Waals surface area contributed by atoms with Crippen LogP contribution in [0, 0.1) is 0 Å². The molecular formula is C17H13ClF3NO5. The molecule has 0 saturated carbocycles. The third-order valence-corrected chi connectivity index (χ3v) is 3.57. The molecule has 1 heterocycles. The number of benzene rings is 1. The molecule has 0 bridgehead atoms. The minimum atomic E-state index is -4.59. The van der Waals surface area contributed by atoms with Crippen LogP contribution in [0.5, 0.6) is 17.4 Å². The maximum Gasteiger partial charge on any atom is 0.417 e. The van der Waals surface area contributed by atoms with Gasteiger partial charge in [-0.15, -0.1) is 0 Å². The van der Waals surface area contributed by atoms with E-state index in [-0.39, 0.29) is 28.0 Å². The first-order valence-electron chi connectivity index (χ1n) is 7.40. The maximum absolute atomic E-state index is 12.7. The Balaban J connectivity index is 2.28. The van der Waals surface area contributed by atoms with Gasteiger partial charge in [0.05, 0.1) is 18.2 Å². The molecule has 6 nitrogen and oxygen atoms in total. The summed E-state index contributed by atoms with van der Waals surface area (Å²) >= 11 is 5.79. The summed E-state index contributed by atoms with van der Waals surface area (Å²) in [6, 6.07) is 4.67. The van der Waals surface area contributed by atoms with Crippen LogP contribution in [-0.4, -0.2) is 30.5 Å². The van der Waals surface area contributed by atoms with Gasteiger partial charge in [-0.3, -0.25) is 4.79 Å². The molecule has 0 aliphatic carbocycles. The number of alkyl halides is 3. The number of hydrogen-bond acceptors (Lipinski definition) is 6. The molecule has 0 fully saturated rings. The fourth-order valence-corrected chi connectivity index (χ4v) is 2.15. The number of carbonyl (C=O) groups is 2. The number of carbonyl (C=O) groups excluding carboxylic acids is 2. The van der Waals surface area contributed by atoms with Crippen molar-refractivity contribution in [2.24, 2.45) is 0 Å². The highest BCUT2D eigenvalue weighted by Gasteiger charge is 2.31. The highest BCUT2D eigenvalue weighted by Crippen LogP contribution is 2.35. The summed E-state index contributed by atoms with van der Waals surface area (Å²) in [5, 5.41) is -0.352. The molecule has 1 unspecified atom stereocenters. The van der Waals surface area contributed by atoms with E-state index < -0.39 is 23.8 Å². The number of pyridine rings is 1. The SMILES string of the molecule is COC(=O)C(C)Oc1cc(Oc2ncc(C(F)(F)F)cc2Cl)ccc1C=O. The average Bonchev–Trinajstić information content (AvgIpc) is 2.62. The summed E-state index contributed by atoms with van der Waals surface area (Å²) in [5.74, 6) is -0.827. The minimum Gasteiger partial charge on any atom is -0.478 e. The zero-order valence-electron chi connectivity index (χ0n) is 14.0. The number of ether oxygens (including phenoxy) is 3. The van der Waals surface area contributed by atoms with Gasteiger partial charge < -0.3 is 14.2 Å². The number of methoxy groups -OCH3 is 1.